The molecule has 0 bridgehead atoms. The largest absolute Gasteiger partial charge is 0.385 e. The van der Waals surface area contributed by atoms with Gasteiger partial charge in [0, 0.05) is 5.69 Å². The number of oxime groups is 1. The second-order valence-electron chi connectivity index (χ2n) is 7.78. The van der Waals surface area contributed by atoms with Crippen molar-refractivity contribution in [2.45, 2.75) is 40.0 Å². The van der Waals surface area contributed by atoms with E-state index in [0.717, 1.165) is 28.6 Å². The van der Waals surface area contributed by atoms with Crippen molar-refractivity contribution in [2.24, 2.45) is 5.16 Å². The monoisotopic (exact) mass is 415 g/mol. The van der Waals surface area contributed by atoms with Crippen LogP contribution >= 0.6 is 11.6 Å². The molecule has 0 aliphatic rings. The zero-order valence-corrected chi connectivity index (χ0v) is 18.1. The van der Waals surface area contributed by atoms with Gasteiger partial charge in [-0.2, -0.15) is 0 Å². The van der Waals surface area contributed by atoms with Gasteiger partial charge >= 0.3 is 0 Å². The smallest absolute Gasteiger partial charge is 0.270 e. The standard InChI is InChI=1S/C22H26ClN3O3/c1-14-10-15(2)21(17(23)11-14)26-19(27)12-24-29-13-20(28)25-18-9-7-6-8-16(18)22(3,4)5/h6-12H,13H2,1-5H3,(H,25,28)(H,26,27). The van der Waals surface area contributed by atoms with Crippen LogP contribution in [0.4, 0.5) is 11.4 Å². The predicted molar refractivity (Wildman–Crippen MR) is 118 cm³/mol. The van der Waals surface area contributed by atoms with Crippen molar-refractivity contribution < 1.29 is 14.4 Å². The van der Waals surface area contributed by atoms with Crippen molar-refractivity contribution in [1.29, 1.82) is 0 Å². The molecule has 6 nitrogen and oxygen atoms in total. The lowest BCUT2D eigenvalue weighted by molar-refractivity contribution is -0.120. The number of nitrogens with zero attached hydrogens (tertiary/aromatic N) is 1. The van der Waals surface area contributed by atoms with Crippen molar-refractivity contribution in [3.8, 4) is 0 Å². The minimum absolute atomic E-state index is 0.115. The van der Waals surface area contributed by atoms with Gasteiger partial charge in [-0.1, -0.05) is 61.8 Å². The van der Waals surface area contributed by atoms with Crippen LogP contribution in [0.1, 0.15) is 37.5 Å². The average molecular weight is 416 g/mol. The molecule has 2 aromatic carbocycles. The number of rotatable bonds is 6. The molecule has 0 radical (unpaired) electrons. The molecule has 2 aromatic rings. The molecule has 29 heavy (non-hydrogen) atoms. The molecule has 0 saturated heterocycles. The summed E-state index contributed by atoms with van der Waals surface area (Å²) >= 11 is 6.16. The second kappa shape index (κ2) is 9.56. The van der Waals surface area contributed by atoms with Crippen LogP contribution in [0.3, 0.4) is 0 Å². The molecule has 0 atom stereocenters. The minimum Gasteiger partial charge on any atom is -0.385 e. The molecule has 0 fully saturated rings. The molecule has 0 unspecified atom stereocenters. The van der Waals surface area contributed by atoms with Crippen LogP contribution in [0.5, 0.6) is 0 Å². The Balaban J connectivity index is 1.88. The molecular formula is C22H26ClN3O3. The van der Waals surface area contributed by atoms with Crippen LogP contribution in [0.2, 0.25) is 5.02 Å². The SMILES string of the molecule is Cc1cc(C)c(NC(=O)C=NOCC(=O)Nc2ccccc2C(C)(C)C)c(Cl)c1. The first-order valence-corrected chi connectivity index (χ1v) is 9.58. The topological polar surface area (TPSA) is 79.8 Å². The van der Waals surface area contributed by atoms with Crippen LogP contribution < -0.4 is 10.6 Å². The van der Waals surface area contributed by atoms with E-state index < -0.39 is 5.91 Å². The third kappa shape index (κ3) is 6.61. The number of carbonyl (C=O) groups is 2. The van der Waals surface area contributed by atoms with Crippen LogP contribution in [-0.2, 0) is 19.8 Å². The van der Waals surface area contributed by atoms with E-state index >= 15 is 0 Å². The molecule has 2 amide bonds. The number of nitrogens with one attached hydrogen (secondary N) is 2. The van der Waals surface area contributed by atoms with Gasteiger partial charge in [-0.05, 0) is 48.1 Å². The quantitative estimate of drug-likeness (QED) is 0.523. The van der Waals surface area contributed by atoms with Crippen LogP contribution in [-0.4, -0.2) is 24.6 Å². The lowest BCUT2D eigenvalue weighted by atomic mass is 9.86. The number of anilines is 2. The Morgan fingerprint density at radius 1 is 1.14 bits per heavy atom. The Hall–Kier alpha value is -2.86. The lowest BCUT2D eigenvalue weighted by Gasteiger charge is -2.22. The second-order valence-corrected chi connectivity index (χ2v) is 8.19. The van der Waals surface area contributed by atoms with Crippen molar-refractivity contribution in [3.05, 3.63) is 58.1 Å². The van der Waals surface area contributed by atoms with Gasteiger partial charge in [0.15, 0.2) is 6.61 Å². The van der Waals surface area contributed by atoms with Gasteiger partial charge in [-0.15, -0.1) is 0 Å². The highest BCUT2D eigenvalue weighted by Gasteiger charge is 2.18. The van der Waals surface area contributed by atoms with E-state index in [2.05, 4.69) is 36.6 Å². The summed E-state index contributed by atoms with van der Waals surface area (Å²) in [6.07, 6.45) is 0.964. The first kappa shape index (κ1) is 22.4. The Labute approximate surface area is 176 Å². The molecule has 2 N–H and O–H groups in total. The molecular weight excluding hydrogens is 390 g/mol. The third-order valence-electron chi connectivity index (χ3n) is 4.13. The lowest BCUT2D eigenvalue weighted by Crippen LogP contribution is -2.21. The number of amides is 2. The predicted octanol–water partition coefficient (Wildman–Crippen LogP) is 4.83. The van der Waals surface area contributed by atoms with E-state index in [1.165, 1.54) is 0 Å². The molecule has 7 heteroatoms. The zero-order chi connectivity index (χ0) is 21.6. The first-order valence-electron chi connectivity index (χ1n) is 9.20. The summed E-state index contributed by atoms with van der Waals surface area (Å²) in [5.41, 5.74) is 3.99. The van der Waals surface area contributed by atoms with Crippen molar-refractivity contribution in [3.63, 3.8) is 0 Å². The minimum atomic E-state index is -0.502. The molecule has 0 saturated carbocycles. The summed E-state index contributed by atoms with van der Waals surface area (Å²) in [7, 11) is 0. The number of hydrogen-bond donors (Lipinski definition) is 2. The molecule has 0 aliphatic carbocycles. The normalized spacial score (nSPS) is 11.4. The number of hydrogen-bond acceptors (Lipinski definition) is 4. The summed E-state index contributed by atoms with van der Waals surface area (Å²) in [6.45, 7) is 9.66. The fourth-order valence-electron chi connectivity index (χ4n) is 2.84. The molecule has 0 heterocycles. The highest BCUT2D eigenvalue weighted by Crippen LogP contribution is 2.29. The maximum atomic E-state index is 12.1. The Kier molecular flexibility index (Phi) is 7.40. The van der Waals surface area contributed by atoms with Gasteiger partial charge < -0.3 is 15.5 Å². The molecule has 0 aliphatic heterocycles. The van der Waals surface area contributed by atoms with E-state index in [-0.39, 0.29) is 17.9 Å². The fraction of sp³-hybridized carbons (Fsp3) is 0.318. The number of para-hydroxylation sites is 1. The average Bonchev–Trinajstić information content (AvgIpc) is 2.61. The number of benzene rings is 2. The molecule has 0 spiro atoms. The van der Waals surface area contributed by atoms with Gasteiger partial charge in [-0.25, -0.2) is 0 Å². The summed E-state index contributed by atoms with van der Waals surface area (Å²) in [4.78, 5) is 29.1. The molecule has 2 rings (SSSR count). The zero-order valence-electron chi connectivity index (χ0n) is 17.3. The van der Waals surface area contributed by atoms with Crippen molar-refractivity contribution in [2.75, 3.05) is 17.2 Å². The van der Waals surface area contributed by atoms with E-state index in [9.17, 15) is 9.59 Å². The maximum absolute atomic E-state index is 12.1. The van der Waals surface area contributed by atoms with Gasteiger partial charge in [0.2, 0.25) is 0 Å². The van der Waals surface area contributed by atoms with Gasteiger partial charge in [0.25, 0.3) is 11.8 Å². The third-order valence-corrected chi connectivity index (χ3v) is 4.43. The summed E-state index contributed by atoms with van der Waals surface area (Å²) in [5.74, 6) is -0.867. The van der Waals surface area contributed by atoms with Crippen LogP contribution in [0, 0.1) is 13.8 Å². The summed E-state index contributed by atoms with van der Waals surface area (Å²) < 4.78 is 0. The highest BCUT2D eigenvalue weighted by atomic mass is 35.5. The van der Waals surface area contributed by atoms with Crippen molar-refractivity contribution >= 4 is 41.0 Å². The van der Waals surface area contributed by atoms with Gasteiger partial charge in [0.1, 0.15) is 6.21 Å². The van der Waals surface area contributed by atoms with Crippen LogP contribution in [0.15, 0.2) is 41.6 Å². The maximum Gasteiger partial charge on any atom is 0.270 e. The Bertz CT molecular complexity index is 910. The van der Waals surface area contributed by atoms with E-state index in [0.29, 0.717) is 10.7 Å². The summed E-state index contributed by atoms with van der Waals surface area (Å²) in [6, 6.07) is 11.3. The van der Waals surface area contributed by atoms with E-state index in [1.54, 1.807) is 6.07 Å². The molecule has 0 aromatic heterocycles. The molecule has 154 valence electrons. The number of aryl methyl sites for hydroxylation is 2. The van der Waals surface area contributed by atoms with Gasteiger partial charge in [0.05, 0.1) is 10.7 Å². The number of carbonyl (C=O) groups excluding carboxylic acids is 2. The van der Waals surface area contributed by atoms with Crippen LogP contribution in [0.25, 0.3) is 0 Å². The number of halogens is 1. The fourth-order valence-corrected chi connectivity index (χ4v) is 3.21. The van der Waals surface area contributed by atoms with Crippen molar-refractivity contribution in [1.82, 2.24) is 0 Å². The van der Waals surface area contributed by atoms with Gasteiger partial charge in [-0.3, -0.25) is 9.59 Å². The Morgan fingerprint density at radius 2 is 1.83 bits per heavy atom. The Morgan fingerprint density at radius 3 is 2.48 bits per heavy atom. The van der Waals surface area contributed by atoms with E-state index in [1.807, 2.05) is 44.2 Å². The van der Waals surface area contributed by atoms with E-state index in [4.69, 9.17) is 16.4 Å². The summed E-state index contributed by atoms with van der Waals surface area (Å²) in [5, 5.41) is 9.47. The highest BCUT2D eigenvalue weighted by molar-refractivity contribution is 6.37. The first-order chi connectivity index (χ1) is 13.6.